The van der Waals surface area contributed by atoms with Gasteiger partial charge in [0, 0.05) is 0 Å². The fraction of sp³-hybridized carbons (Fsp3) is 0.647. The first kappa shape index (κ1) is 14.3. The van der Waals surface area contributed by atoms with Crippen molar-refractivity contribution in [2.75, 3.05) is 0 Å². The molecular weight excluding hydrogens is 204 g/mol. The van der Waals surface area contributed by atoms with E-state index >= 15 is 0 Å². The summed E-state index contributed by atoms with van der Waals surface area (Å²) < 4.78 is 0. The number of rotatable bonds is 8. The van der Waals surface area contributed by atoms with Gasteiger partial charge in [0.25, 0.3) is 0 Å². The first-order valence-electron chi connectivity index (χ1n) is 7.30. The predicted octanol–water partition coefficient (Wildman–Crippen LogP) is 5.40. The van der Waals surface area contributed by atoms with Crippen LogP contribution in [0.3, 0.4) is 0 Å². The van der Waals surface area contributed by atoms with E-state index in [1.807, 2.05) is 0 Å². The minimum absolute atomic E-state index is 0.760. The Morgan fingerprint density at radius 1 is 0.882 bits per heavy atom. The summed E-state index contributed by atoms with van der Waals surface area (Å²) in [6, 6.07) is 8.99. The molecule has 0 fully saturated rings. The highest BCUT2D eigenvalue weighted by Crippen LogP contribution is 2.17. The summed E-state index contributed by atoms with van der Waals surface area (Å²) in [4.78, 5) is 0. The average Bonchev–Trinajstić information content (AvgIpc) is 2.30. The quantitative estimate of drug-likeness (QED) is 0.527. The van der Waals surface area contributed by atoms with E-state index in [0.29, 0.717) is 0 Å². The molecule has 0 nitrogen and oxygen atoms in total. The number of aryl methyl sites for hydroxylation is 1. The summed E-state index contributed by atoms with van der Waals surface area (Å²) in [6.45, 7) is 6.88. The van der Waals surface area contributed by atoms with Gasteiger partial charge in [-0.05, 0) is 36.3 Å². The normalized spacial score (nSPS) is 11.1. The van der Waals surface area contributed by atoms with Gasteiger partial charge in [0.1, 0.15) is 0 Å². The van der Waals surface area contributed by atoms with E-state index in [4.69, 9.17) is 0 Å². The minimum atomic E-state index is 0.760. The third-order valence-electron chi connectivity index (χ3n) is 3.30. The van der Waals surface area contributed by atoms with Gasteiger partial charge in [-0.15, -0.1) is 0 Å². The van der Waals surface area contributed by atoms with Crippen LogP contribution in [0, 0.1) is 5.92 Å². The van der Waals surface area contributed by atoms with Crippen LogP contribution in [0.2, 0.25) is 0 Å². The van der Waals surface area contributed by atoms with Crippen LogP contribution >= 0.6 is 0 Å². The van der Waals surface area contributed by atoms with Crippen molar-refractivity contribution in [1.82, 2.24) is 0 Å². The van der Waals surface area contributed by atoms with Crippen molar-refractivity contribution >= 4 is 0 Å². The van der Waals surface area contributed by atoms with Crippen molar-refractivity contribution < 1.29 is 0 Å². The van der Waals surface area contributed by atoms with E-state index in [0.717, 1.165) is 5.92 Å². The maximum absolute atomic E-state index is 2.32. The molecule has 0 heterocycles. The smallest absolute Gasteiger partial charge is 0.0253 e. The molecule has 0 amide bonds. The Hall–Kier alpha value is -0.780. The van der Waals surface area contributed by atoms with Gasteiger partial charge in [0.15, 0.2) is 0 Å². The third kappa shape index (κ3) is 5.91. The monoisotopic (exact) mass is 232 g/mol. The molecule has 0 atom stereocenters. The number of hydrogen-bond donors (Lipinski definition) is 0. The second kappa shape index (κ2) is 8.33. The number of benzene rings is 1. The molecule has 0 unspecified atom stereocenters. The van der Waals surface area contributed by atoms with E-state index < -0.39 is 0 Å². The topological polar surface area (TPSA) is 0 Å². The molecule has 17 heavy (non-hydrogen) atoms. The zero-order valence-electron chi connectivity index (χ0n) is 11.8. The standard InChI is InChI=1S/C17H28/c1-4-5-6-7-8-11-16-12-9-10-13-17(16)14-15(2)3/h9-10,12-13,15H,4-8,11,14H2,1-3H3. The second-order valence-corrected chi connectivity index (χ2v) is 5.53. The van der Waals surface area contributed by atoms with Gasteiger partial charge in [-0.3, -0.25) is 0 Å². The summed E-state index contributed by atoms with van der Waals surface area (Å²) in [5.74, 6) is 0.760. The SMILES string of the molecule is CCCCCCCc1ccccc1CC(C)C. The number of hydrogen-bond acceptors (Lipinski definition) is 0. The first-order chi connectivity index (χ1) is 8.24. The summed E-state index contributed by atoms with van der Waals surface area (Å²) in [7, 11) is 0. The van der Waals surface area contributed by atoms with Gasteiger partial charge >= 0.3 is 0 Å². The van der Waals surface area contributed by atoms with Gasteiger partial charge in [0.05, 0.1) is 0 Å². The highest BCUT2D eigenvalue weighted by Gasteiger charge is 2.03. The molecule has 0 N–H and O–H groups in total. The van der Waals surface area contributed by atoms with E-state index in [1.165, 1.54) is 44.9 Å². The van der Waals surface area contributed by atoms with Gasteiger partial charge in [-0.25, -0.2) is 0 Å². The van der Waals surface area contributed by atoms with Crippen molar-refractivity contribution in [2.24, 2.45) is 5.92 Å². The predicted molar refractivity (Wildman–Crippen MR) is 77.4 cm³/mol. The molecule has 0 aliphatic heterocycles. The lowest BCUT2D eigenvalue weighted by Gasteiger charge is -2.11. The van der Waals surface area contributed by atoms with Gasteiger partial charge in [-0.1, -0.05) is 70.7 Å². The Bertz CT molecular complexity index is 299. The minimum Gasteiger partial charge on any atom is -0.0654 e. The largest absolute Gasteiger partial charge is 0.0654 e. The van der Waals surface area contributed by atoms with Crippen LogP contribution in [0.1, 0.15) is 64.0 Å². The highest BCUT2D eigenvalue weighted by molar-refractivity contribution is 5.27. The van der Waals surface area contributed by atoms with Gasteiger partial charge < -0.3 is 0 Å². The Balaban J connectivity index is 2.40. The van der Waals surface area contributed by atoms with Gasteiger partial charge in [0.2, 0.25) is 0 Å². The highest BCUT2D eigenvalue weighted by atomic mass is 14.1. The van der Waals surface area contributed by atoms with Crippen LogP contribution in [0.15, 0.2) is 24.3 Å². The van der Waals surface area contributed by atoms with Crippen LogP contribution in [0.5, 0.6) is 0 Å². The Labute approximate surface area is 107 Å². The Morgan fingerprint density at radius 2 is 1.53 bits per heavy atom. The van der Waals surface area contributed by atoms with E-state index in [1.54, 1.807) is 11.1 Å². The summed E-state index contributed by atoms with van der Waals surface area (Å²) in [6.07, 6.45) is 9.39. The van der Waals surface area contributed by atoms with Crippen LogP contribution in [0.25, 0.3) is 0 Å². The molecule has 0 heteroatoms. The van der Waals surface area contributed by atoms with Crippen LogP contribution < -0.4 is 0 Å². The van der Waals surface area contributed by atoms with Crippen molar-refractivity contribution in [3.63, 3.8) is 0 Å². The van der Waals surface area contributed by atoms with Crippen LogP contribution in [-0.4, -0.2) is 0 Å². The molecule has 1 aromatic carbocycles. The van der Waals surface area contributed by atoms with Crippen molar-refractivity contribution in [3.8, 4) is 0 Å². The molecule has 0 saturated carbocycles. The molecule has 0 aromatic heterocycles. The molecule has 1 rings (SSSR count). The molecule has 96 valence electrons. The summed E-state index contributed by atoms with van der Waals surface area (Å²) in [5.41, 5.74) is 3.15. The summed E-state index contributed by atoms with van der Waals surface area (Å²) >= 11 is 0. The van der Waals surface area contributed by atoms with Crippen molar-refractivity contribution in [2.45, 2.75) is 65.7 Å². The molecule has 0 radical (unpaired) electrons. The molecule has 0 aliphatic rings. The van der Waals surface area contributed by atoms with Gasteiger partial charge in [-0.2, -0.15) is 0 Å². The third-order valence-corrected chi connectivity index (χ3v) is 3.30. The zero-order chi connectivity index (χ0) is 12.5. The van der Waals surface area contributed by atoms with E-state index in [9.17, 15) is 0 Å². The molecule has 0 bridgehead atoms. The number of unbranched alkanes of at least 4 members (excludes halogenated alkanes) is 4. The van der Waals surface area contributed by atoms with Crippen molar-refractivity contribution in [3.05, 3.63) is 35.4 Å². The second-order valence-electron chi connectivity index (χ2n) is 5.53. The lowest BCUT2D eigenvalue weighted by molar-refractivity contribution is 0.619. The maximum atomic E-state index is 2.32. The first-order valence-corrected chi connectivity index (χ1v) is 7.30. The van der Waals surface area contributed by atoms with E-state index in [2.05, 4.69) is 45.0 Å². The molecule has 1 aromatic rings. The fourth-order valence-electron chi connectivity index (χ4n) is 2.36. The average molecular weight is 232 g/mol. The van der Waals surface area contributed by atoms with Crippen LogP contribution in [0.4, 0.5) is 0 Å². The molecule has 0 saturated heterocycles. The molecule has 0 aliphatic carbocycles. The lowest BCUT2D eigenvalue weighted by Crippen LogP contribution is -1.99. The fourth-order valence-corrected chi connectivity index (χ4v) is 2.36. The van der Waals surface area contributed by atoms with E-state index in [-0.39, 0.29) is 0 Å². The molecule has 0 spiro atoms. The zero-order valence-corrected chi connectivity index (χ0v) is 11.8. The Kier molecular flexibility index (Phi) is 7.00. The molecular formula is C17H28. The maximum Gasteiger partial charge on any atom is -0.0253 e. The van der Waals surface area contributed by atoms with Crippen molar-refractivity contribution in [1.29, 1.82) is 0 Å². The van der Waals surface area contributed by atoms with Crippen LogP contribution in [-0.2, 0) is 12.8 Å². The summed E-state index contributed by atoms with van der Waals surface area (Å²) in [5, 5.41) is 0. The Morgan fingerprint density at radius 3 is 2.18 bits per heavy atom. The lowest BCUT2D eigenvalue weighted by atomic mass is 9.95.